The molecule has 1 heterocycles. The van der Waals surface area contributed by atoms with Crippen molar-refractivity contribution in [2.24, 2.45) is 11.5 Å². The minimum atomic E-state index is -0.914. The van der Waals surface area contributed by atoms with Crippen LogP contribution in [0.25, 0.3) is 0 Å². The highest BCUT2D eigenvalue weighted by atomic mass is 16.1. The van der Waals surface area contributed by atoms with E-state index in [4.69, 9.17) is 11.5 Å². The van der Waals surface area contributed by atoms with Gasteiger partial charge in [-0.05, 0) is 32.3 Å². The Balaban J connectivity index is 2.36. The van der Waals surface area contributed by atoms with E-state index in [2.05, 4.69) is 5.10 Å². The Morgan fingerprint density at radius 3 is 2.80 bits per heavy atom. The summed E-state index contributed by atoms with van der Waals surface area (Å²) >= 11 is 0. The molecule has 4 N–H and O–H groups in total. The summed E-state index contributed by atoms with van der Waals surface area (Å²) in [4.78, 5) is 10.9. The van der Waals surface area contributed by atoms with E-state index in [1.54, 1.807) is 13.1 Å². The average molecular weight is 210 g/mol. The second kappa shape index (κ2) is 4.44. The molecule has 1 amide bonds. The minimum Gasteiger partial charge on any atom is -0.368 e. The summed E-state index contributed by atoms with van der Waals surface area (Å²) in [6.45, 7) is 4.40. The van der Waals surface area contributed by atoms with Gasteiger partial charge in [-0.15, -0.1) is 0 Å². The van der Waals surface area contributed by atoms with Crippen LogP contribution in [0.1, 0.15) is 25.3 Å². The number of nitrogens with two attached hydrogens (primary N) is 2. The second-order valence-corrected chi connectivity index (χ2v) is 4.17. The number of rotatable bonds is 5. The quantitative estimate of drug-likeness (QED) is 0.726. The molecular formula is C10H18N4O. The Labute approximate surface area is 89.4 Å². The van der Waals surface area contributed by atoms with Crippen molar-refractivity contribution in [1.82, 2.24) is 9.78 Å². The molecule has 5 nitrogen and oxygen atoms in total. The molecule has 0 aliphatic carbocycles. The molecule has 15 heavy (non-hydrogen) atoms. The van der Waals surface area contributed by atoms with E-state index in [0.717, 1.165) is 18.5 Å². The first-order chi connectivity index (χ1) is 6.92. The predicted molar refractivity (Wildman–Crippen MR) is 58.0 cm³/mol. The molecular weight excluding hydrogens is 192 g/mol. The Bertz CT molecular complexity index is 343. The van der Waals surface area contributed by atoms with Crippen molar-refractivity contribution in [2.75, 3.05) is 0 Å². The summed E-state index contributed by atoms with van der Waals surface area (Å²) in [7, 11) is 0. The van der Waals surface area contributed by atoms with Crippen LogP contribution in [0.5, 0.6) is 0 Å². The third-order valence-corrected chi connectivity index (χ3v) is 2.41. The third-order valence-electron chi connectivity index (χ3n) is 2.41. The van der Waals surface area contributed by atoms with Crippen LogP contribution in [-0.4, -0.2) is 21.2 Å². The highest BCUT2D eigenvalue weighted by Gasteiger charge is 2.24. The van der Waals surface area contributed by atoms with E-state index in [0.29, 0.717) is 6.42 Å². The molecule has 0 saturated heterocycles. The topological polar surface area (TPSA) is 86.9 Å². The monoisotopic (exact) mass is 210 g/mol. The van der Waals surface area contributed by atoms with Gasteiger partial charge in [0.05, 0.1) is 11.7 Å². The van der Waals surface area contributed by atoms with Gasteiger partial charge in [-0.2, -0.15) is 5.10 Å². The lowest BCUT2D eigenvalue weighted by Gasteiger charge is -2.19. The van der Waals surface area contributed by atoms with Crippen LogP contribution in [0.15, 0.2) is 12.4 Å². The number of hydrogen-bond acceptors (Lipinski definition) is 3. The largest absolute Gasteiger partial charge is 0.368 e. The highest BCUT2D eigenvalue weighted by Crippen LogP contribution is 2.09. The predicted octanol–water partition coefficient (Wildman–Crippen LogP) is 0.174. The molecule has 1 rings (SSSR count). The van der Waals surface area contributed by atoms with Gasteiger partial charge in [0, 0.05) is 12.7 Å². The molecule has 0 aliphatic heterocycles. The van der Waals surface area contributed by atoms with E-state index < -0.39 is 11.4 Å². The Hall–Kier alpha value is -1.36. The SMILES string of the molecule is Cc1cnn(CCCC(C)(N)C(N)=O)c1. The van der Waals surface area contributed by atoms with Crippen LogP contribution in [0.4, 0.5) is 0 Å². The molecule has 1 aromatic heterocycles. The van der Waals surface area contributed by atoms with E-state index in [9.17, 15) is 4.79 Å². The molecule has 0 bridgehead atoms. The number of hydrogen-bond donors (Lipinski definition) is 2. The first kappa shape index (κ1) is 11.7. The zero-order valence-electron chi connectivity index (χ0n) is 9.23. The van der Waals surface area contributed by atoms with Gasteiger partial charge in [0.15, 0.2) is 0 Å². The minimum absolute atomic E-state index is 0.459. The molecule has 0 aliphatic rings. The first-order valence-electron chi connectivity index (χ1n) is 5.00. The zero-order chi connectivity index (χ0) is 11.5. The van der Waals surface area contributed by atoms with Gasteiger partial charge < -0.3 is 11.5 Å². The molecule has 1 aromatic rings. The highest BCUT2D eigenvalue weighted by molar-refractivity contribution is 5.83. The van der Waals surface area contributed by atoms with Crippen molar-refractivity contribution in [2.45, 2.75) is 38.8 Å². The smallest absolute Gasteiger partial charge is 0.237 e. The standard InChI is InChI=1S/C10H18N4O/c1-8-6-13-14(7-8)5-3-4-10(2,12)9(11)15/h6-7H,3-5,12H2,1-2H3,(H2,11,15). The normalized spacial score (nSPS) is 14.9. The maximum absolute atomic E-state index is 10.9. The average Bonchev–Trinajstić information content (AvgIpc) is 2.51. The van der Waals surface area contributed by atoms with E-state index in [1.165, 1.54) is 0 Å². The number of aromatic nitrogens is 2. The van der Waals surface area contributed by atoms with Gasteiger partial charge in [-0.1, -0.05) is 0 Å². The fourth-order valence-electron chi connectivity index (χ4n) is 1.32. The molecule has 0 radical (unpaired) electrons. The fourth-order valence-corrected chi connectivity index (χ4v) is 1.32. The molecule has 1 unspecified atom stereocenters. The summed E-state index contributed by atoms with van der Waals surface area (Å²) in [6.07, 6.45) is 5.12. The molecule has 84 valence electrons. The summed E-state index contributed by atoms with van der Waals surface area (Å²) < 4.78 is 1.84. The Morgan fingerprint density at radius 2 is 2.33 bits per heavy atom. The number of amides is 1. The molecule has 0 saturated carbocycles. The maximum Gasteiger partial charge on any atom is 0.237 e. The summed E-state index contributed by atoms with van der Waals surface area (Å²) in [5.74, 6) is -0.459. The van der Waals surface area contributed by atoms with Crippen LogP contribution in [-0.2, 0) is 11.3 Å². The lowest BCUT2D eigenvalue weighted by molar-refractivity contribution is -0.122. The number of aryl methyl sites for hydroxylation is 2. The summed E-state index contributed by atoms with van der Waals surface area (Å²) in [5, 5.41) is 4.14. The summed E-state index contributed by atoms with van der Waals surface area (Å²) in [5.41, 5.74) is 11.1. The van der Waals surface area contributed by atoms with Crippen LogP contribution in [0.2, 0.25) is 0 Å². The molecule has 5 heteroatoms. The van der Waals surface area contributed by atoms with Gasteiger partial charge in [-0.3, -0.25) is 9.48 Å². The number of carbonyl (C=O) groups is 1. The number of carbonyl (C=O) groups excluding carboxylic acids is 1. The lowest BCUT2D eigenvalue weighted by atomic mass is 9.96. The van der Waals surface area contributed by atoms with Crippen molar-refractivity contribution >= 4 is 5.91 Å². The van der Waals surface area contributed by atoms with Gasteiger partial charge in [0.1, 0.15) is 0 Å². The van der Waals surface area contributed by atoms with Crippen molar-refractivity contribution < 1.29 is 4.79 Å². The molecule has 0 aromatic carbocycles. The third kappa shape index (κ3) is 3.36. The summed E-state index contributed by atoms with van der Waals surface area (Å²) in [6, 6.07) is 0. The lowest BCUT2D eigenvalue weighted by Crippen LogP contribution is -2.49. The van der Waals surface area contributed by atoms with Gasteiger partial charge in [-0.25, -0.2) is 0 Å². The van der Waals surface area contributed by atoms with Gasteiger partial charge >= 0.3 is 0 Å². The molecule has 1 atom stereocenters. The first-order valence-corrected chi connectivity index (χ1v) is 5.00. The Kier molecular flexibility index (Phi) is 3.47. The van der Waals surface area contributed by atoms with Crippen molar-refractivity contribution in [3.8, 4) is 0 Å². The van der Waals surface area contributed by atoms with Crippen LogP contribution in [0.3, 0.4) is 0 Å². The zero-order valence-corrected chi connectivity index (χ0v) is 9.23. The van der Waals surface area contributed by atoms with Crippen molar-refractivity contribution in [1.29, 1.82) is 0 Å². The van der Waals surface area contributed by atoms with E-state index in [1.807, 2.05) is 17.8 Å². The van der Waals surface area contributed by atoms with Crippen molar-refractivity contribution in [3.63, 3.8) is 0 Å². The fraction of sp³-hybridized carbons (Fsp3) is 0.600. The van der Waals surface area contributed by atoms with Gasteiger partial charge in [0.25, 0.3) is 0 Å². The molecule has 0 fully saturated rings. The molecule has 0 spiro atoms. The second-order valence-electron chi connectivity index (χ2n) is 4.17. The van der Waals surface area contributed by atoms with E-state index >= 15 is 0 Å². The van der Waals surface area contributed by atoms with Gasteiger partial charge in [0.2, 0.25) is 5.91 Å². The van der Waals surface area contributed by atoms with Crippen LogP contribution in [0, 0.1) is 6.92 Å². The van der Waals surface area contributed by atoms with Crippen LogP contribution >= 0.6 is 0 Å². The number of primary amides is 1. The van der Waals surface area contributed by atoms with E-state index in [-0.39, 0.29) is 0 Å². The number of nitrogens with zero attached hydrogens (tertiary/aromatic N) is 2. The maximum atomic E-state index is 10.9. The Morgan fingerprint density at radius 1 is 1.67 bits per heavy atom. The van der Waals surface area contributed by atoms with Crippen LogP contribution < -0.4 is 11.5 Å². The van der Waals surface area contributed by atoms with Crippen molar-refractivity contribution in [3.05, 3.63) is 18.0 Å².